The van der Waals surface area contributed by atoms with Gasteiger partial charge in [0.25, 0.3) is 5.69 Å². The minimum absolute atomic E-state index is 0.00500. The zero-order chi connectivity index (χ0) is 16.1. The van der Waals surface area contributed by atoms with Gasteiger partial charge in [0, 0.05) is 31.0 Å². The van der Waals surface area contributed by atoms with Crippen LogP contribution in [0.1, 0.15) is 12.0 Å². The van der Waals surface area contributed by atoms with Crippen LogP contribution >= 0.6 is 12.6 Å². The van der Waals surface area contributed by atoms with Crippen LogP contribution < -0.4 is 0 Å². The number of amides is 1. The Labute approximate surface area is 133 Å². The van der Waals surface area contributed by atoms with Crippen LogP contribution in [0, 0.1) is 10.1 Å². The van der Waals surface area contributed by atoms with E-state index in [1.54, 1.807) is 19.2 Å². The van der Waals surface area contributed by atoms with Crippen LogP contribution in [0.5, 0.6) is 0 Å². The molecule has 22 heavy (non-hydrogen) atoms. The molecular formula is C14H18N2O5S. The van der Waals surface area contributed by atoms with Gasteiger partial charge < -0.3 is 14.4 Å². The van der Waals surface area contributed by atoms with E-state index in [0.717, 1.165) is 6.42 Å². The fraction of sp³-hybridized carbons (Fsp3) is 0.500. The second kappa shape index (κ2) is 7.46. The number of thiol groups is 1. The Morgan fingerprint density at radius 2 is 2.18 bits per heavy atom. The van der Waals surface area contributed by atoms with Crippen LogP contribution in [0.25, 0.3) is 0 Å². The second-order valence-electron chi connectivity index (χ2n) is 5.12. The molecule has 0 saturated carbocycles. The Morgan fingerprint density at radius 3 is 2.73 bits per heavy atom. The van der Waals surface area contributed by atoms with Crippen LogP contribution in [-0.4, -0.2) is 47.5 Å². The van der Waals surface area contributed by atoms with Gasteiger partial charge in [-0.1, -0.05) is 0 Å². The molecule has 1 saturated heterocycles. The van der Waals surface area contributed by atoms with Crippen LogP contribution in [-0.2, 0) is 16.1 Å². The van der Waals surface area contributed by atoms with E-state index in [1.807, 2.05) is 0 Å². The highest BCUT2D eigenvalue weighted by Crippen LogP contribution is 2.20. The molecule has 0 spiro atoms. The lowest BCUT2D eigenvalue weighted by atomic mass is 10.2. The van der Waals surface area contributed by atoms with E-state index in [-0.39, 0.29) is 23.6 Å². The molecule has 1 heterocycles. The van der Waals surface area contributed by atoms with Crippen LogP contribution in [0.15, 0.2) is 24.3 Å². The summed E-state index contributed by atoms with van der Waals surface area (Å²) >= 11 is 4.41. The highest BCUT2D eigenvalue weighted by Gasteiger charge is 2.28. The molecule has 1 amide bonds. The maximum Gasteiger partial charge on any atom is 0.409 e. The van der Waals surface area contributed by atoms with E-state index in [4.69, 9.17) is 9.47 Å². The number of ether oxygens (including phenoxy) is 2. The van der Waals surface area contributed by atoms with Gasteiger partial charge in [-0.05, 0) is 24.1 Å². The average Bonchev–Trinajstić information content (AvgIpc) is 2.90. The molecule has 0 aromatic heterocycles. The molecule has 8 heteroatoms. The maximum absolute atomic E-state index is 11.9. The number of nitrogens with zero attached hydrogens (tertiary/aromatic N) is 2. The first-order valence-electron chi connectivity index (χ1n) is 6.88. The summed E-state index contributed by atoms with van der Waals surface area (Å²) in [6, 6.07) is 5.89. The number of nitro groups is 1. The van der Waals surface area contributed by atoms with Crippen molar-refractivity contribution < 1.29 is 19.2 Å². The minimum Gasteiger partial charge on any atom is -0.445 e. The smallest absolute Gasteiger partial charge is 0.409 e. The number of nitro benzene ring substituents is 1. The molecular weight excluding hydrogens is 308 g/mol. The molecule has 2 rings (SSSR count). The van der Waals surface area contributed by atoms with Crippen molar-refractivity contribution in [2.75, 3.05) is 20.2 Å². The van der Waals surface area contributed by atoms with E-state index in [2.05, 4.69) is 12.6 Å². The third kappa shape index (κ3) is 4.35. The quantitative estimate of drug-likeness (QED) is 0.510. The van der Waals surface area contributed by atoms with E-state index in [9.17, 15) is 14.9 Å². The van der Waals surface area contributed by atoms with Gasteiger partial charge in [0.2, 0.25) is 0 Å². The van der Waals surface area contributed by atoms with Gasteiger partial charge in [-0.3, -0.25) is 10.1 Å². The Kier molecular flexibility index (Phi) is 5.62. The highest BCUT2D eigenvalue weighted by molar-refractivity contribution is 7.81. The molecule has 0 aliphatic carbocycles. The predicted octanol–water partition coefficient (Wildman–Crippen LogP) is 2.25. The molecule has 2 atom stereocenters. The molecule has 1 aliphatic heterocycles. The SMILES string of the molecule is CN(C[C@H]1OCC[C@H]1S)C(=O)OCc1ccc([N+](=O)[O-])cc1. The largest absolute Gasteiger partial charge is 0.445 e. The van der Waals surface area contributed by atoms with Crippen molar-refractivity contribution in [1.29, 1.82) is 0 Å². The number of hydrogen-bond acceptors (Lipinski definition) is 6. The Morgan fingerprint density at radius 1 is 1.50 bits per heavy atom. The molecule has 1 aliphatic rings. The van der Waals surface area contributed by atoms with Gasteiger partial charge in [-0.15, -0.1) is 0 Å². The first-order chi connectivity index (χ1) is 10.5. The topological polar surface area (TPSA) is 81.9 Å². The van der Waals surface area contributed by atoms with Gasteiger partial charge in [0.15, 0.2) is 0 Å². The number of non-ortho nitro benzene ring substituents is 1. The third-order valence-electron chi connectivity index (χ3n) is 3.45. The fourth-order valence-electron chi connectivity index (χ4n) is 2.13. The second-order valence-corrected chi connectivity index (χ2v) is 5.79. The number of likely N-dealkylation sites (N-methyl/N-ethyl adjacent to an activating group) is 1. The lowest BCUT2D eigenvalue weighted by Crippen LogP contribution is -2.37. The first kappa shape index (κ1) is 16.6. The Balaban J connectivity index is 1.80. The number of carbonyl (C=O) groups is 1. The van der Waals surface area contributed by atoms with Gasteiger partial charge in [-0.2, -0.15) is 12.6 Å². The minimum atomic E-state index is -0.473. The molecule has 0 N–H and O–H groups in total. The first-order valence-corrected chi connectivity index (χ1v) is 7.40. The summed E-state index contributed by atoms with van der Waals surface area (Å²) in [5.74, 6) is 0. The number of carbonyl (C=O) groups excluding carboxylic acids is 1. The summed E-state index contributed by atoms with van der Waals surface area (Å²) in [5.41, 5.74) is 0.696. The maximum atomic E-state index is 11.9. The third-order valence-corrected chi connectivity index (χ3v) is 4.04. The normalized spacial score (nSPS) is 20.6. The average molecular weight is 326 g/mol. The molecule has 1 fully saturated rings. The van der Waals surface area contributed by atoms with Crippen molar-refractivity contribution in [3.63, 3.8) is 0 Å². The number of hydrogen-bond donors (Lipinski definition) is 1. The summed E-state index contributed by atoms with van der Waals surface area (Å²) in [7, 11) is 1.64. The van der Waals surface area contributed by atoms with Crippen molar-refractivity contribution in [2.45, 2.75) is 24.4 Å². The van der Waals surface area contributed by atoms with Gasteiger partial charge in [-0.25, -0.2) is 4.79 Å². The Hall–Kier alpha value is -1.80. The lowest BCUT2D eigenvalue weighted by Gasteiger charge is -2.22. The van der Waals surface area contributed by atoms with Crippen molar-refractivity contribution >= 4 is 24.4 Å². The Bertz CT molecular complexity index is 537. The summed E-state index contributed by atoms with van der Waals surface area (Å²) < 4.78 is 10.7. The highest BCUT2D eigenvalue weighted by atomic mass is 32.1. The summed E-state index contributed by atoms with van der Waals surface area (Å²) in [6.45, 7) is 1.15. The molecule has 120 valence electrons. The molecule has 1 aromatic rings. The number of rotatable bonds is 5. The van der Waals surface area contributed by atoms with E-state index in [1.165, 1.54) is 17.0 Å². The van der Waals surface area contributed by atoms with E-state index in [0.29, 0.717) is 18.7 Å². The number of benzene rings is 1. The zero-order valence-corrected chi connectivity index (χ0v) is 13.1. The van der Waals surface area contributed by atoms with Crippen molar-refractivity contribution in [2.24, 2.45) is 0 Å². The van der Waals surface area contributed by atoms with Crippen LogP contribution in [0.3, 0.4) is 0 Å². The molecule has 1 aromatic carbocycles. The van der Waals surface area contributed by atoms with Gasteiger partial charge >= 0.3 is 6.09 Å². The zero-order valence-electron chi connectivity index (χ0n) is 12.2. The fourth-order valence-corrected chi connectivity index (χ4v) is 2.41. The van der Waals surface area contributed by atoms with Gasteiger partial charge in [0.1, 0.15) is 6.61 Å². The van der Waals surface area contributed by atoms with Crippen molar-refractivity contribution in [3.8, 4) is 0 Å². The molecule has 7 nitrogen and oxygen atoms in total. The molecule has 0 radical (unpaired) electrons. The molecule has 0 bridgehead atoms. The van der Waals surface area contributed by atoms with E-state index < -0.39 is 11.0 Å². The molecule has 0 unspecified atom stereocenters. The van der Waals surface area contributed by atoms with Crippen molar-refractivity contribution in [3.05, 3.63) is 39.9 Å². The monoisotopic (exact) mass is 326 g/mol. The summed E-state index contributed by atoms with van der Waals surface area (Å²) in [5, 5.41) is 10.7. The van der Waals surface area contributed by atoms with E-state index >= 15 is 0 Å². The predicted molar refractivity (Wildman–Crippen MR) is 83.0 cm³/mol. The standard InChI is InChI=1S/C14H18N2O5S/c1-15(8-12-13(22)6-7-20-12)14(17)21-9-10-2-4-11(5-3-10)16(18)19/h2-5,12-13,22H,6-9H2,1H3/t12-,13-/m1/s1. The summed E-state index contributed by atoms with van der Waals surface area (Å²) in [4.78, 5) is 23.4. The van der Waals surface area contributed by atoms with Gasteiger partial charge in [0.05, 0.1) is 17.6 Å². The lowest BCUT2D eigenvalue weighted by molar-refractivity contribution is -0.384. The summed E-state index contributed by atoms with van der Waals surface area (Å²) in [6.07, 6.45) is 0.328. The van der Waals surface area contributed by atoms with Crippen LogP contribution in [0.2, 0.25) is 0 Å². The van der Waals surface area contributed by atoms with Crippen molar-refractivity contribution in [1.82, 2.24) is 4.90 Å². The van der Waals surface area contributed by atoms with Crippen LogP contribution in [0.4, 0.5) is 10.5 Å².